The van der Waals surface area contributed by atoms with Crippen LogP contribution in [-0.2, 0) is 4.79 Å². The van der Waals surface area contributed by atoms with Crippen LogP contribution >= 0.6 is 0 Å². The van der Waals surface area contributed by atoms with Crippen LogP contribution in [0, 0.1) is 13.8 Å². The van der Waals surface area contributed by atoms with Crippen LogP contribution in [0.1, 0.15) is 24.0 Å². The molecule has 138 valence electrons. The fourth-order valence-electron chi connectivity index (χ4n) is 3.59. The number of nitrogens with one attached hydrogen (secondary N) is 1. The zero-order valence-electron chi connectivity index (χ0n) is 15.2. The van der Waals surface area contributed by atoms with Crippen molar-refractivity contribution in [2.24, 2.45) is 0 Å². The van der Waals surface area contributed by atoms with Gasteiger partial charge in [0.2, 0.25) is 11.6 Å². The van der Waals surface area contributed by atoms with Crippen LogP contribution in [0.15, 0.2) is 45.6 Å². The number of aryl methyl sites for hydroxylation is 2. The summed E-state index contributed by atoms with van der Waals surface area (Å²) in [5, 5.41) is 3.79. The van der Waals surface area contributed by atoms with E-state index in [9.17, 15) is 9.59 Å². The summed E-state index contributed by atoms with van der Waals surface area (Å²) in [6.07, 6.45) is 1.69. The Morgan fingerprint density at radius 2 is 2.00 bits per heavy atom. The second-order valence-corrected chi connectivity index (χ2v) is 6.82. The number of esters is 1. The zero-order valence-corrected chi connectivity index (χ0v) is 15.2. The molecule has 1 aliphatic rings. The minimum Gasteiger partial charge on any atom is -0.406 e. The first-order valence-corrected chi connectivity index (χ1v) is 8.99. The smallest absolute Gasteiger partial charge is 0.338 e. The van der Waals surface area contributed by atoms with Crippen molar-refractivity contribution in [2.45, 2.75) is 32.7 Å². The first-order chi connectivity index (χ1) is 13.0. The maximum atomic E-state index is 12.2. The largest absolute Gasteiger partial charge is 0.406 e. The van der Waals surface area contributed by atoms with Crippen LogP contribution in [0.5, 0.6) is 5.88 Å². The van der Waals surface area contributed by atoms with E-state index in [2.05, 4.69) is 10.3 Å². The molecule has 1 atom stereocenters. The number of carbonyl (C=O) groups is 1. The van der Waals surface area contributed by atoms with Gasteiger partial charge in [-0.15, -0.1) is 0 Å². The molecule has 0 amide bonds. The normalized spacial score (nSPS) is 16.6. The van der Waals surface area contributed by atoms with Gasteiger partial charge in [-0.05, 0) is 56.0 Å². The molecular weight excluding hydrogens is 344 g/mol. The van der Waals surface area contributed by atoms with Crippen molar-refractivity contribution in [2.75, 3.05) is 6.54 Å². The lowest BCUT2D eigenvalue weighted by molar-refractivity contribution is -0.136. The fraction of sp³-hybridized carbons (Fsp3) is 0.286. The Balaban J connectivity index is 1.77. The molecular formula is C21H20N2O4. The van der Waals surface area contributed by atoms with Gasteiger partial charge in [0.25, 0.3) is 0 Å². The molecule has 6 heteroatoms. The molecule has 3 heterocycles. The number of nitrogens with zero attached hydrogens (tertiary/aromatic N) is 1. The summed E-state index contributed by atoms with van der Waals surface area (Å²) in [4.78, 5) is 28.6. The highest BCUT2D eigenvalue weighted by atomic mass is 16.5. The minimum atomic E-state index is -0.492. The first kappa shape index (κ1) is 17.4. The summed E-state index contributed by atoms with van der Waals surface area (Å²) in [5.74, 6) is -0.240. The van der Waals surface area contributed by atoms with Gasteiger partial charge in [0, 0.05) is 23.1 Å². The van der Waals surface area contributed by atoms with Crippen molar-refractivity contribution in [3.63, 3.8) is 0 Å². The molecule has 3 aromatic rings. The number of fused-ring (bicyclic) bond motifs is 1. The molecule has 0 spiro atoms. The Kier molecular flexibility index (Phi) is 4.49. The molecule has 6 nitrogen and oxygen atoms in total. The topological polar surface area (TPSA) is 81.4 Å². The van der Waals surface area contributed by atoms with E-state index in [1.807, 2.05) is 32.0 Å². The Morgan fingerprint density at radius 1 is 1.22 bits per heavy atom. The highest BCUT2D eigenvalue weighted by Crippen LogP contribution is 2.32. The maximum absolute atomic E-state index is 12.2. The molecule has 27 heavy (non-hydrogen) atoms. The van der Waals surface area contributed by atoms with Crippen LogP contribution in [0.2, 0.25) is 0 Å². The van der Waals surface area contributed by atoms with Gasteiger partial charge in [0.1, 0.15) is 6.04 Å². The summed E-state index contributed by atoms with van der Waals surface area (Å²) in [6, 6.07) is 10.6. The van der Waals surface area contributed by atoms with Gasteiger partial charge in [0.15, 0.2) is 0 Å². The molecule has 0 aliphatic carbocycles. The lowest BCUT2D eigenvalue weighted by Gasteiger charge is -2.12. The standard InChI is InChI=1S/C21H20N2O4/c1-12-5-3-6-13(2)19(12)15-11-18(24)27-20-14(15)8-9-17(23-20)26-21(25)16-7-4-10-22-16/h3,5-6,8-9,11,16,22H,4,7,10H2,1-2H3/t16-/m1/s1. The average Bonchev–Trinajstić information content (AvgIpc) is 3.16. The number of carbonyl (C=O) groups excluding carboxylic acids is 1. The Labute approximate surface area is 156 Å². The van der Waals surface area contributed by atoms with Crippen LogP contribution in [0.25, 0.3) is 22.2 Å². The SMILES string of the molecule is Cc1cccc(C)c1-c1cc(=O)oc2nc(OC(=O)[C@H]3CCCN3)ccc12. The number of hydrogen-bond acceptors (Lipinski definition) is 6. The van der Waals surface area contributed by atoms with Crippen LogP contribution in [0.4, 0.5) is 0 Å². The number of pyridine rings is 1. The van der Waals surface area contributed by atoms with Crippen molar-refractivity contribution in [1.29, 1.82) is 0 Å². The molecule has 1 aromatic carbocycles. The van der Waals surface area contributed by atoms with Gasteiger partial charge in [0.05, 0.1) is 0 Å². The number of ether oxygens (including phenoxy) is 1. The zero-order chi connectivity index (χ0) is 19.0. The van der Waals surface area contributed by atoms with Crippen molar-refractivity contribution in [1.82, 2.24) is 10.3 Å². The van der Waals surface area contributed by atoms with Crippen LogP contribution in [-0.4, -0.2) is 23.5 Å². The number of rotatable bonds is 3. The van der Waals surface area contributed by atoms with Gasteiger partial charge < -0.3 is 14.5 Å². The highest BCUT2D eigenvalue weighted by molar-refractivity contribution is 5.93. The van der Waals surface area contributed by atoms with Gasteiger partial charge in [-0.25, -0.2) is 9.59 Å². The van der Waals surface area contributed by atoms with E-state index in [4.69, 9.17) is 9.15 Å². The van der Waals surface area contributed by atoms with Gasteiger partial charge in [-0.2, -0.15) is 4.98 Å². The third-order valence-electron chi connectivity index (χ3n) is 4.88. The fourth-order valence-corrected chi connectivity index (χ4v) is 3.59. The monoisotopic (exact) mass is 364 g/mol. The van der Waals surface area contributed by atoms with E-state index in [0.29, 0.717) is 5.39 Å². The molecule has 4 rings (SSSR count). The lowest BCUT2D eigenvalue weighted by Crippen LogP contribution is -2.34. The number of benzene rings is 1. The average molecular weight is 364 g/mol. The quantitative estimate of drug-likeness (QED) is 0.719. The second kappa shape index (κ2) is 6.96. The van der Waals surface area contributed by atoms with Gasteiger partial charge >= 0.3 is 11.6 Å². The van der Waals surface area contributed by atoms with E-state index in [-0.39, 0.29) is 23.6 Å². The molecule has 1 N–H and O–H groups in total. The van der Waals surface area contributed by atoms with Crippen LogP contribution < -0.4 is 15.7 Å². The van der Waals surface area contributed by atoms with E-state index in [1.165, 1.54) is 6.07 Å². The van der Waals surface area contributed by atoms with E-state index in [0.717, 1.165) is 41.6 Å². The third kappa shape index (κ3) is 3.36. The van der Waals surface area contributed by atoms with Crippen molar-refractivity contribution < 1.29 is 13.9 Å². The molecule has 2 aromatic heterocycles. The number of hydrogen-bond donors (Lipinski definition) is 1. The van der Waals surface area contributed by atoms with Gasteiger partial charge in [-0.3, -0.25) is 0 Å². The van der Waals surface area contributed by atoms with Gasteiger partial charge in [-0.1, -0.05) is 18.2 Å². The van der Waals surface area contributed by atoms with E-state index in [1.54, 1.807) is 12.1 Å². The van der Waals surface area contributed by atoms with Crippen molar-refractivity contribution in [3.8, 4) is 17.0 Å². The number of aromatic nitrogens is 1. The summed E-state index contributed by atoms with van der Waals surface area (Å²) >= 11 is 0. The molecule has 0 unspecified atom stereocenters. The molecule has 0 bridgehead atoms. The molecule has 0 saturated carbocycles. The van der Waals surface area contributed by atoms with Crippen LogP contribution in [0.3, 0.4) is 0 Å². The Morgan fingerprint density at radius 3 is 2.70 bits per heavy atom. The third-order valence-corrected chi connectivity index (χ3v) is 4.88. The molecule has 1 saturated heterocycles. The summed E-state index contributed by atoms with van der Waals surface area (Å²) in [6.45, 7) is 4.81. The summed E-state index contributed by atoms with van der Waals surface area (Å²) < 4.78 is 10.6. The first-order valence-electron chi connectivity index (χ1n) is 8.99. The minimum absolute atomic E-state index is 0.128. The summed E-state index contributed by atoms with van der Waals surface area (Å²) in [7, 11) is 0. The predicted octanol–water partition coefficient (Wildman–Crippen LogP) is 3.13. The second-order valence-electron chi connectivity index (χ2n) is 6.82. The highest BCUT2D eigenvalue weighted by Gasteiger charge is 2.24. The summed E-state index contributed by atoms with van der Waals surface area (Å²) in [5.41, 5.74) is 3.53. The van der Waals surface area contributed by atoms with E-state index < -0.39 is 5.63 Å². The molecule has 1 aliphatic heterocycles. The Hall–Kier alpha value is -2.99. The van der Waals surface area contributed by atoms with Crippen molar-refractivity contribution in [3.05, 3.63) is 57.9 Å². The maximum Gasteiger partial charge on any atom is 0.338 e. The molecule has 1 fully saturated rings. The lowest BCUT2D eigenvalue weighted by atomic mass is 9.94. The predicted molar refractivity (Wildman–Crippen MR) is 102 cm³/mol. The Bertz CT molecular complexity index is 1060. The van der Waals surface area contributed by atoms with Crippen molar-refractivity contribution >= 4 is 17.1 Å². The van der Waals surface area contributed by atoms with E-state index >= 15 is 0 Å². The molecule has 0 radical (unpaired) electrons.